The van der Waals surface area contributed by atoms with E-state index in [2.05, 4.69) is 5.32 Å². The number of piperidine rings is 1. The van der Waals surface area contributed by atoms with Gasteiger partial charge in [0, 0.05) is 17.5 Å². The van der Waals surface area contributed by atoms with Crippen molar-refractivity contribution in [2.75, 3.05) is 6.54 Å². The molecular weight excluding hydrogens is 210 g/mol. The van der Waals surface area contributed by atoms with Crippen molar-refractivity contribution in [3.8, 4) is 0 Å². The van der Waals surface area contributed by atoms with Crippen LogP contribution in [0.25, 0.3) is 0 Å². The molecule has 1 heterocycles. The second-order valence-corrected chi connectivity index (χ2v) is 4.42. The van der Waals surface area contributed by atoms with Crippen molar-refractivity contribution in [1.29, 1.82) is 0 Å². The van der Waals surface area contributed by atoms with E-state index < -0.39 is 0 Å². The van der Waals surface area contributed by atoms with Gasteiger partial charge < -0.3 is 5.32 Å². The lowest BCUT2D eigenvalue weighted by molar-refractivity contribution is -0.119. The van der Waals surface area contributed by atoms with Crippen LogP contribution < -0.4 is 5.32 Å². The number of carbonyl (C=O) groups excluding carboxylic acids is 1. The van der Waals surface area contributed by atoms with E-state index in [9.17, 15) is 4.79 Å². The zero-order valence-corrected chi connectivity index (χ0v) is 9.26. The first-order chi connectivity index (χ1) is 7.24. The molecule has 1 unspecified atom stereocenters. The SMILES string of the molecule is O=C1CCC(Cc2ccc(Cl)cc2)NC1. The van der Waals surface area contributed by atoms with Crippen LogP contribution in [0.2, 0.25) is 5.02 Å². The average molecular weight is 224 g/mol. The maximum absolute atomic E-state index is 11.0. The van der Waals surface area contributed by atoms with Crippen LogP contribution in [0.5, 0.6) is 0 Å². The van der Waals surface area contributed by atoms with Crippen molar-refractivity contribution in [2.45, 2.75) is 25.3 Å². The van der Waals surface area contributed by atoms with Gasteiger partial charge in [-0.1, -0.05) is 23.7 Å². The molecule has 1 aromatic carbocycles. The molecule has 1 saturated heterocycles. The van der Waals surface area contributed by atoms with Gasteiger partial charge in [0.05, 0.1) is 6.54 Å². The van der Waals surface area contributed by atoms with Crippen LogP contribution in [0.3, 0.4) is 0 Å². The number of rotatable bonds is 2. The maximum atomic E-state index is 11.0. The van der Waals surface area contributed by atoms with Gasteiger partial charge in [-0.25, -0.2) is 0 Å². The van der Waals surface area contributed by atoms with Crippen LogP contribution in [0.1, 0.15) is 18.4 Å². The Hall–Kier alpha value is -0.860. The van der Waals surface area contributed by atoms with Gasteiger partial charge in [-0.05, 0) is 30.5 Å². The summed E-state index contributed by atoms with van der Waals surface area (Å²) in [4.78, 5) is 11.0. The number of Topliss-reactive ketones (excluding diaryl/α,β-unsaturated/α-hetero) is 1. The highest BCUT2D eigenvalue weighted by molar-refractivity contribution is 6.30. The number of benzene rings is 1. The second-order valence-electron chi connectivity index (χ2n) is 3.99. The van der Waals surface area contributed by atoms with E-state index in [0.717, 1.165) is 17.9 Å². The predicted molar refractivity (Wildman–Crippen MR) is 61.2 cm³/mol. The van der Waals surface area contributed by atoms with Gasteiger partial charge in [0.25, 0.3) is 0 Å². The fraction of sp³-hybridized carbons (Fsp3) is 0.417. The molecule has 1 aliphatic rings. The molecule has 2 rings (SSSR count). The summed E-state index contributed by atoms with van der Waals surface area (Å²) in [7, 11) is 0. The molecule has 0 spiro atoms. The van der Waals surface area contributed by atoms with Crippen LogP contribution in [0.15, 0.2) is 24.3 Å². The molecule has 1 atom stereocenters. The van der Waals surface area contributed by atoms with Gasteiger partial charge in [-0.3, -0.25) is 4.79 Å². The van der Waals surface area contributed by atoms with E-state index in [1.54, 1.807) is 0 Å². The Morgan fingerprint density at radius 1 is 1.33 bits per heavy atom. The first-order valence-corrected chi connectivity index (χ1v) is 5.61. The van der Waals surface area contributed by atoms with Crippen molar-refractivity contribution < 1.29 is 4.79 Å². The Kier molecular flexibility index (Phi) is 3.39. The third-order valence-electron chi connectivity index (χ3n) is 2.75. The number of carbonyl (C=O) groups is 1. The van der Waals surface area contributed by atoms with Crippen molar-refractivity contribution in [2.24, 2.45) is 0 Å². The van der Waals surface area contributed by atoms with Gasteiger partial charge in [-0.2, -0.15) is 0 Å². The summed E-state index contributed by atoms with van der Waals surface area (Å²) in [6.07, 6.45) is 2.64. The van der Waals surface area contributed by atoms with E-state index in [1.165, 1.54) is 5.56 Å². The van der Waals surface area contributed by atoms with Crippen LogP contribution in [-0.4, -0.2) is 18.4 Å². The number of halogens is 1. The van der Waals surface area contributed by atoms with Crippen molar-refractivity contribution in [3.63, 3.8) is 0 Å². The highest BCUT2D eigenvalue weighted by Gasteiger charge is 2.17. The van der Waals surface area contributed by atoms with Crippen LogP contribution in [0, 0.1) is 0 Å². The molecule has 1 N–H and O–H groups in total. The van der Waals surface area contributed by atoms with E-state index in [-0.39, 0.29) is 0 Å². The molecule has 3 heteroatoms. The first kappa shape index (κ1) is 10.7. The molecule has 1 aliphatic heterocycles. The minimum atomic E-state index is 0.322. The molecule has 0 saturated carbocycles. The minimum Gasteiger partial charge on any atom is -0.307 e. The zero-order valence-electron chi connectivity index (χ0n) is 8.50. The summed E-state index contributed by atoms with van der Waals surface area (Å²) in [6.45, 7) is 0.526. The first-order valence-electron chi connectivity index (χ1n) is 5.23. The average Bonchev–Trinajstić information content (AvgIpc) is 2.25. The largest absolute Gasteiger partial charge is 0.307 e. The summed E-state index contributed by atoms with van der Waals surface area (Å²) >= 11 is 5.81. The van der Waals surface area contributed by atoms with E-state index in [4.69, 9.17) is 11.6 Å². The topological polar surface area (TPSA) is 29.1 Å². The summed E-state index contributed by atoms with van der Waals surface area (Å²) in [5, 5.41) is 4.02. The van der Waals surface area contributed by atoms with Gasteiger partial charge in [0.1, 0.15) is 5.78 Å². The van der Waals surface area contributed by atoms with E-state index >= 15 is 0 Å². The maximum Gasteiger partial charge on any atom is 0.146 e. The quantitative estimate of drug-likeness (QED) is 0.833. The Balaban J connectivity index is 1.91. The lowest BCUT2D eigenvalue weighted by atomic mass is 9.97. The third-order valence-corrected chi connectivity index (χ3v) is 3.01. The molecule has 1 fully saturated rings. The second kappa shape index (κ2) is 4.77. The fourth-order valence-corrected chi connectivity index (χ4v) is 1.99. The fourth-order valence-electron chi connectivity index (χ4n) is 1.86. The number of hydrogen-bond donors (Lipinski definition) is 1. The number of ketones is 1. The molecule has 0 aromatic heterocycles. The van der Waals surface area contributed by atoms with E-state index in [0.29, 0.717) is 24.8 Å². The van der Waals surface area contributed by atoms with Crippen LogP contribution in [-0.2, 0) is 11.2 Å². The van der Waals surface area contributed by atoms with Crippen molar-refractivity contribution in [3.05, 3.63) is 34.9 Å². The summed E-state index contributed by atoms with van der Waals surface area (Å²) in [5.74, 6) is 0.322. The lowest BCUT2D eigenvalue weighted by Crippen LogP contribution is -2.40. The Labute approximate surface area is 94.6 Å². The number of nitrogens with one attached hydrogen (secondary N) is 1. The molecule has 0 amide bonds. The predicted octanol–water partition coefficient (Wildman–Crippen LogP) is 2.20. The van der Waals surface area contributed by atoms with E-state index in [1.807, 2.05) is 24.3 Å². The molecule has 0 bridgehead atoms. The summed E-state index contributed by atoms with van der Waals surface area (Å²) in [5.41, 5.74) is 1.27. The third kappa shape index (κ3) is 3.05. The molecule has 80 valence electrons. The smallest absolute Gasteiger partial charge is 0.146 e. The van der Waals surface area contributed by atoms with Crippen molar-refractivity contribution in [1.82, 2.24) is 5.32 Å². The summed E-state index contributed by atoms with van der Waals surface area (Å²) < 4.78 is 0. The highest BCUT2D eigenvalue weighted by Crippen LogP contribution is 2.14. The van der Waals surface area contributed by atoms with Gasteiger partial charge in [0.2, 0.25) is 0 Å². The van der Waals surface area contributed by atoms with Gasteiger partial charge >= 0.3 is 0 Å². The molecule has 0 radical (unpaired) electrons. The molecule has 0 aliphatic carbocycles. The molecule has 15 heavy (non-hydrogen) atoms. The molecule has 2 nitrogen and oxygen atoms in total. The zero-order chi connectivity index (χ0) is 10.7. The monoisotopic (exact) mass is 223 g/mol. The van der Waals surface area contributed by atoms with Crippen LogP contribution in [0.4, 0.5) is 0 Å². The van der Waals surface area contributed by atoms with Gasteiger partial charge in [0.15, 0.2) is 0 Å². The molecular formula is C12H14ClNO. The number of hydrogen-bond acceptors (Lipinski definition) is 2. The Morgan fingerprint density at radius 2 is 2.07 bits per heavy atom. The lowest BCUT2D eigenvalue weighted by Gasteiger charge is -2.22. The highest BCUT2D eigenvalue weighted by atomic mass is 35.5. The summed E-state index contributed by atoms with van der Waals surface area (Å²) in [6, 6.07) is 8.33. The Bertz CT molecular complexity index is 337. The Morgan fingerprint density at radius 3 is 2.67 bits per heavy atom. The minimum absolute atomic E-state index is 0.322. The molecule has 1 aromatic rings. The van der Waals surface area contributed by atoms with Crippen molar-refractivity contribution >= 4 is 17.4 Å². The van der Waals surface area contributed by atoms with Crippen LogP contribution >= 0.6 is 11.6 Å². The van der Waals surface area contributed by atoms with Gasteiger partial charge in [-0.15, -0.1) is 0 Å². The normalized spacial score (nSPS) is 21.7. The standard InChI is InChI=1S/C12H14ClNO/c13-10-3-1-9(2-4-10)7-11-5-6-12(15)8-14-11/h1-4,11,14H,5-8H2.